The molecule has 4 nitrogen and oxygen atoms in total. The van der Waals surface area contributed by atoms with Gasteiger partial charge in [-0.1, -0.05) is 17.7 Å². The fraction of sp³-hybridized carbons (Fsp3) is 0.500. The predicted octanol–water partition coefficient (Wildman–Crippen LogP) is 2.13. The van der Waals surface area contributed by atoms with Crippen LogP contribution in [0, 0.1) is 6.92 Å². The molecule has 0 radical (unpaired) electrons. The van der Waals surface area contributed by atoms with Crippen LogP contribution in [0.15, 0.2) is 24.3 Å². The van der Waals surface area contributed by atoms with E-state index in [9.17, 15) is 9.59 Å². The molecule has 2 heterocycles. The number of hydrogen-bond donors (Lipinski definition) is 0. The molecule has 1 aromatic carbocycles. The number of hydrogen-bond acceptors (Lipinski definition) is 3. The van der Waals surface area contributed by atoms with E-state index >= 15 is 0 Å². The first-order valence-corrected chi connectivity index (χ1v) is 8.56. The third-order valence-corrected chi connectivity index (χ3v) is 5.12. The Morgan fingerprint density at radius 1 is 1.24 bits per heavy atom. The average molecular weight is 304 g/mol. The molecule has 2 amide bonds. The summed E-state index contributed by atoms with van der Waals surface area (Å²) in [6.45, 7) is 3.65. The van der Waals surface area contributed by atoms with Gasteiger partial charge in [0.1, 0.15) is 6.04 Å². The molecule has 5 heteroatoms. The number of carbonyl (C=O) groups is 2. The van der Waals surface area contributed by atoms with E-state index in [1.165, 1.54) is 0 Å². The highest BCUT2D eigenvalue weighted by molar-refractivity contribution is 7.99. The van der Waals surface area contributed by atoms with Crippen molar-refractivity contribution in [2.45, 2.75) is 25.8 Å². The maximum absolute atomic E-state index is 12.7. The van der Waals surface area contributed by atoms with Gasteiger partial charge in [0.15, 0.2) is 0 Å². The number of benzene rings is 1. The molecule has 1 unspecified atom stereocenters. The van der Waals surface area contributed by atoms with E-state index in [-0.39, 0.29) is 17.9 Å². The Bertz CT molecular complexity index is 555. The van der Waals surface area contributed by atoms with Gasteiger partial charge in [-0.15, -0.1) is 11.8 Å². The smallest absolute Gasteiger partial charge is 0.255 e. The molecule has 2 aliphatic heterocycles. The second kappa shape index (κ2) is 6.10. The number of amides is 2. The Kier molecular flexibility index (Phi) is 4.19. The Labute approximate surface area is 129 Å². The first-order chi connectivity index (χ1) is 10.2. The van der Waals surface area contributed by atoms with Crippen LogP contribution in [-0.2, 0) is 4.79 Å². The molecule has 0 saturated carbocycles. The van der Waals surface area contributed by atoms with Crippen LogP contribution in [0.1, 0.15) is 28.8 Å². The van der Waals surface area contributed by atoms with Crippen LogP contribution in [0.3, 0.4) is 0 Å². The SMILES string of the molecule is Cc1cccc(C(=O)N2CSCC2C(=O)N2CCCC2)c1. The molecule has 21 heavy (non-hydrogen) atoms. The fourth-order valence-corrected chi connectivity index (χ4v) is 4.08. The molecule has 1 aromatic rings. The minimum absolute atomic E-state index is 0.0266. The van der Waals surface area contributed by atoms with Crippen molar-refractivity contribution in [3.63, 3.8) is 0 Å². The van der Waals surface area contributed by atoms with Gasteiger partial charge in [0.2, 0.25) is 5.91 Å². The third-order valence-electron chi connectivity index (χ3n) is 4.11. The first kappa shape index (κ1) is 14.4. The van der Waals surface area contributed by atoms with Crippen molar-refractivity contribution in [3.05, 3.63) is 35.4 Å². The molecule has 1 atom stereocenters. The highest BCUT2D eigenvalue weighted by Crippen LogP contribution is 2.26. The topological polar surface area (TPSA) is 40.6 Å². The van der Waals surface area contributed by atoms with Gasteiger partial charge < -0.3 is 9.80 Å². The molecule has 0 aliphatic carbocycles. The van der Waals surface area contributed by atoms with Crippen LogP contribution in [0.5, 0.6) is 0 Å². The molecule has 0 N–H and O–H groups in total. The van der Waals surface area contributed by atoms with Gasteiger partial charge in [0, 0.05) is 24.4 Å². The second-order valence-corrected chi connectivity index (χ2v) is 6.69. The lowest BCUT2D eigenvalue weighted by atomic mass is 10.1. The average Bonchev–Trinajstić information content (AvgIpc) is 3.17. The maximum atomic E-state index is 12.7. The Hall–Kier alpha value is -1.49. The van der Waals surface area contributed by atoms with Crippen LogP contribution >= 0.6 is 11.8 Å². The molecule has 2 aliphatic rings. The van der Waals surface area contributed by atoms with E-state index in [1.807, 2.05) is 36.1 Å². The lowest BCUT2D eigenvalue weighted by molar-refractivity contribution is -0.133. The number of rotatable bonds is 2. The summed E-state index contributed by atoms with van der Waals surface area (Å²) in [5, 5.41) is 0. The van der Waals surface area contributed by atoms with Crippen molar-refractivity contribution in [2.24, 2.45) is 0 Å². The van der Waals surface area contributed by atoms with Gasteiger partial charge in [-0.2, -0.15) is 0 Å². The number of aryl methyl sites for hydroxylation is 1. The number of carbonyl (C=O) groups excluding carboxylic acids is 2. The predicted molar refractivity (Wildman–Crippen MR) is 84.3 cm³/mol. The summed E-state index contributed by atoms with van der Waals surface area (Å²) in [6.07, 6.45) is 2.16. The lowest BCUT2D eigenvalue weighted by Gasteiger charge is -2.27. The first-order valence-electron chi connectivity index (χ1n) is 7.41. The van der Waals surface area contributed by atoms with E-state index in [1.54, 1.807) is 16.7 Å². The summed E-state index contributed by atoms with van der Waals surface area (Å²) in [5.74, 6) is 1.42. The molecule has 3 rings (SSSR count). The van der Waals surface area contributed by atoms with E-state index in [0.717, 1.165) is 31.5 Å². The van der Waals surface area contributed by atoms with Crippen molar-refractivity contribution >= 4 is 23.6 Å². The summed E-state index contributed by atoms with van der Waals surface area (Å²) in [5.41, 5.74) is 1.74. The van der Waals surface area contributed by atoms with Crippen LogP contribution in [0.2, 0.25) is 0 Å². The third kappa shape index (κ3) is 2.93. The number of thioether (sulfide) groups is 1. The van der Waals surface area contributed by atoms with Gasteiger partial charge in [0.05, 0.1) is 5.88 Å². The fourth-order valence-electron chi connectivity index (χ4n) is 2.94. The van der Waals surface area contributed by atoms with Crippen molar-refractivity contribution in [3.8, 4) is 0 Å². The normalized spacial score (nSPS) is 21.9. The quantitative estimate of drug-likeness (QED) is 0.840. The molecule has 2 fully saturated rings. The highest BCUT2D eigenvalue weighted by atomic mass is 32.2. The molecule has 0 aromatic heterocycles. The summed E-state index contributed by atoms with van der Waals surface area (Å²) in [7, 11) is 0. The Morgan fingerprint density at radius 2 is 2.00 bits per heavy atom. The molecular weight excluding hydrogens is 284 g/mol. The number of nitrogens with zero attached hydrogens (tertiary/aromatic N) is 2. The number of likely N-dealkylation sites (tertiary alicyclic amines) is 1. The monoisotopic (exact) mass is 304 g/mol. The molecule has 2 saturated heterocycles. The van der Waals surface area contributed by atoms with E-state index in [0.29, 0.717) is 17.2 Å². The summed E-state index contributed by atoms with van der Waals surface area (Å²) >= 11 is 1.66. The summed E-state index contributed by atoms with van der Waals surface area (Å²) in [6, 6.07) is 7.30. The minimum atomic E-state index is -0.291. The van der Waals surface area contributed by atoms with Crippen molar-refractivity contribution < 1.29 is 9.59 Å². The highest BCUT2D eigenvalue weighted by Gasteiger charge is 2.37. The molecule has 0 bridgehead atoms. The molecular formula is C16H20N2O2S. The zero-order chi connectivity index (χ0) is 14.8. The maximum Gasteiger partial charge on any atom is 0.255 e. The van der Waals surface area contributed by atoms with Crippen LogP contribution in [-0.4, -0.2) is 52.4 Å². The van der Waals surface area contributed by atoms with E-state index in [4.69, 9.17) is 0 Å². The van der Waals surface area contributed by atoms with Crippen LogP contribution in [0.4, 0.5) is 0 Å². The van der Waals surface area contributed by atoms with Crippen LogP contribution < -0.4 is 0 Å². The lowest BCUT2D eigenvalue weighted by Crippen LogP contribution is -2.48. The van der Waals surface area contributed by atoms with Crippen molar-refractivity contribution in [1.82, 2.24) is 9.80 Å². The zero-order valence-electron chi connectivity index (χ0n) is 12.2. The standard InChI is InChI=1S/C16H20N2O2S/c1-12-5-4-6-13(9-12)15(19)18-11-21-10-14(18)16(20)17-7-2-3-8-17/h4-6,9,14H,2-3,7-8,10-11H2,1H3. The molecule has 112 valence electrons. The summed E-state index contributed by atoms with van der Waals surface area (Å²) in [4.78, 5) is 28.9. The molecule has 0 spiro atoms. The Morgan fingerprint density at radius 3 is 2.71 bits per heavy atom. The zero-order valence-corrected chi connectivity index (χ0v) is 13.1. The van der Waals surface area contributed by atoms with Gasteiger partial charge in [-0.3, -0.25) is 9.59 Å². The second-order valence-electron chi connectivity index (χ2n) is 5.69. The Balaban J connectivity index is 1.77. The van der Waals surface area contributed by atoms with Gasteiger partial charge in [-0.05, 0) is 31.9 Å². The van der Waals surface area contributed by atoms with E-state index in [2.05, 4.69) is 0 Å². The van der Waals surface area contributed by atoms with Crippen molar-refractivity contribution in [1.29, 1.82) is 0 Å². The van der Waals surface area contributed by atoms with Crippen LogP contribution in [0.25, 0.3) is 0 Å². The van der Waals surface area contributed by atoms with Gasteiger partial charge >= 0.3 is 0 Å². The van der Waals surface area contributed by atoms with E-state index < -0.39 is 0 Å². The van der Waals surface area contributed by atoms with Gasteiger partial charge in [0.25, 0.3) is 5.91 Å². The minimum Gasteiger partial charge on any atom is -0.341 e. The largest absolute Gasteiger partial charge is 0.341 e. The van der Waals surface area contributed by atoms with Crippen molar-refractivity contribution in [2.75, 3.05) is 24.7 Å². The summed E-state index contributed by atoms with van der Waals surface area (Å²) < 4.78 is 0. The van der Waals surface area contributed by atoms with Gasteiger partial charge in [-0.25, -0.2) is 0 Å².